The molecule has 4 heteroatoms. The second kappa shape index (κ2) is 8.97. The van der Waals surface area contributed by atoms with Gasteiger partial charge in [-0.25, -0.2) is 4.79 Å². The van der Waals surface area contributed by atoms with Crippen LogP contribution in [0.4, 0.5) is 4.79 Å². The third kappa shape index (κ3) is 10.1. The summed E-state index contributed by atoms with van der Waals surface area (Å²) in [5, 5.41) is 2.87. The second-order valence-corrected chi connectivity index (χ2v) is 5.24. The summed E-state index contributed by atoms with van der Waals surface area (Å²) >= 11 is 0. The molecule has 0 aliphatic rings. The molecule has 0 aromatic rings. The van der Waals surface area contributed by atoms with Crippen LogP contribution in [0.1, 0.15) is 47.0 Å². The molecule has 1 amide bonds. The van der Waals surface area contributed by atoms with Crippen LogP contribution in [0.15, 0.2) is 12.2 Å². The molecule has 0 rings (SSSR count). The number of methoxy groups -OCH3 is 1. The Morgan fingerprint density at radius 2 is 2.00 bits per heavy atom. The summed E-state index contributed by atoms with van der Waals surface area (Å²) in [5.41, 5.74) is -0.448. The fourth-order valence-electron chi connectivity index (χ4n) is 1.37. The Labute approximate surface area is 111 Å². The van der Waals surface area contributed by atoms with Gasteiger partial charge in [0.1, 0.15) is 5.60 Å². The van der Waals surface area contributed by atoms with Crippen molar-refractivity contribution in [1.29, 1.82) is 0 Å². The summed E-state index contributed by atoms with van der Waals surface area (Å²) in [4.78, 5) is 11.6. The van der Waals surface area contributed by atoms with Crippen LogP contribution in [-0.2, 0) is 9.47 Å². The molecule has 4 nitrogen and oxygen atoms in total. The van der Waals surface area contributed by atoms with Crippen LogP contribution in [0.5, 0.6) is 0 Å². The first-order valence-electron chi connectivity index (χ1n) is 6.52. The van der Waals surface area contributed by atoms with Crippen LogP contribution >= 0.6 is 0 Å². The van der Waals surface area contributed by atoms with Crippen LogP contribution in [0.25, 0.3) is 0 Å². The molecular formula is C14H27NO3. The molecule has 0 saturated heterocycles. The van der Waals surface area contributed by atoms with E-state index >= 15 is 0 Å². The Bertz CT molecular complexity index is 256. The molecule has 18 heavy (non-hydrogen) atoms. The van der Waals surface area contributed by atoms with Crippen LogP contribution in [0.2, 0.25) is 0 Å². The van der Waals surface area contributed by atoms with Gasteiger partial charge in [-0.1, -0.05) is 19.1 Å². The fraction of sp³-hybridized carbons (Fsp3) is 0.786. The average Bonchev–Trinajstić information content (AvgIpc) is 2.24. The SMILES string of the molecule is CCC(C/C=C/CCOC)NC(=O)OC(C)(C)C. The van der Waals surface area contributed by atoms with Crippen molar-refractivity contribution in [3.05, 3.63) is 12.2 Å². The van der Waals surface area contributed by atoms with Gasteiger partial charge in [-0.05, 0) is 40.0 Å². The predicted molar refractivity (Wildman–Crippen MR) is 73.7 cm³/mol. The average molecular weight is 257 g/mol. The highest BCUT2D eigenvalue weighted by Crippen LogP contribution is 2.08. The molecule has 0 aromatic heterocycles. The highest BCUT2D eigenvalue weighted by atomic mass is 16.6. The molecule has 106 valence electrons. The lowest BCUT2D eigenvalue weighted by Gasteiger charge is -2.22. The largest absolute Gasteiger partial charge is 0.444 e. The van der Waals surface area contributed by atoms with Gasteiger partial charge in [-0.2, -0.15) is 0 Å². The van der Waals surface area contributed by atoms with Crippen molar-refractivity contribution in [3.8, 4) is 0 Å². The highest BCUT2D eigenvalue weighted by molar-refractivity contribution is 5.68. The van der Waals surface area contributed by atoms with Crippen molar-refractivity contribution in [2.45, 2.75) is 58.6 Å². The molecule has 1 N–H and O–H groups in total. The van der Waals surface area contributed by atoms with Crippen LogP contribution in [0, 0.1) is 0 Å². The maximum absolute atomic E-state index is 11.6. The fourth-order valence-corrected chi connectivity index (χ4v) is 1.37. The van der Waals surface area contributed by atoms with E-state index in [0.29, 0.717) is 0 Å². The van der Waals surface area contributed by atoms with Gasteiger partial charge in [0, 0.05) is 19.8 Å². The number of ether oxygens (including phenoxy) is 2. The smallest absolute Gasteiger partial charge is 0.407 e. The number of alkyl carbamates (subject to hydrolysis) is 1. The van der Waals surface area contributed by atoms with Crippen molar-refractivity contribution in [1.82, 2.24) is 5.32 Å². The third-order valence-corrected chi connectivity index (χ3v) is 2.29. The summed E-state index contributed by atoms with van der Waals surface area (Å²) < 4.78 is 10.2. The number of carbonyl (C=O) groups excluding carboxylic acids is 1. The van der Waals surface area contributed by atoms with Gasteiger partial charge in [-0.3, -0.25) is 0 Å². The molecular weight excluding hydrogens is 230 g/mol. The highest BCUT2D eigenvalue weighted by Gasteiger charge is 2.17. The van der Waals surface area contributed by atoms with Gasteiger partial charge in [0.15, 0.2) is 0 Å². The Morgan fingerprint density at radius 3 is 2.50 bits per heavy atom. The van der Waals surface area contributed by atoms with E-state index in [1.54, 1.807) is 7.11 Å². The zero-order chi connectivity index (χ0) is 14.0. The van der Waals surface area contributed by atoms with Crippen LogP contribution in [0.3, 0.4) is 0 Å². The van der Waals surface area contributed by atoms with Gasteiger partial charge >= 0.3 is 6.09 Å². The Hall–Kier alpha value is -1.03. The number of rotatable bonds is 7. The van der Waals surface area contributed by atoms with Gasteiger partial charge in [0.2, 0.25) is 0 Å². The number of hydrogen-bond donors (Lipinski definition) is 1. The first kappa shape index (κ1) is 17.0. The van der Waals surface area contributed by atoms with E-state index in [2.05, 4.69) is 17.5 Å². The summed E-state index contributed by atoms with van der Waals surface area (Å²) in [5.74, 6) is 0. The zero-order valence-electron chi connectivity index (χ0n) is 12.3. The van der Waals surface area contributed by atoms with E-state index in [4.69, 9.17) is 9.47 Å². The maximum atomic E-state index is 11.6. The Balaban J connectivity index is 3.96. The molecule has 1 atom stereocenters. The zero-order valence-corrected chi connectivity index (χ0v) is 12.3. The van der Waals surface area contributed by atoms with Gasteiger partial charge in [0.25, 0.3) is 0 Å². The molecule has 0 heterocycles. The minimum absolute atomic E-state index is 0.124. The normalized spacial score (nSPS) is 13.6. The van der Waals surface area contributed by atoms with Gasteiger partial charge in [-0.15, -0.1) is 0 Å². The monoisotopic (exact) mass is 257 g/mol. The van der Waals surface area contributed by atoms with Crippen molar-refractivity contribution in [2.75, 3.05) is 13.7 Å². The lowest BCUT2D eigenvalue weighted by atomic mass is 10.1. The first-order chi connectivity index (χ1) is 8.39. The second-order valence-electron chi connectivity index (χ2n) is 5.24. The van der Waals surface area contributed by atoms with E-state index in [1.807, 2.05) is 27.7 Å². The van der Waals surface area contributed by atoms with Crippen LogP contribution in [-0.4, -0.2) is 31.5 Å². The Kier molecular flexibility index (Phi) is 8.46. The minimum atomic E-state index is -0.448. The number of nitrogens with one attached hydrogen (secondary N) is 1. The topological polar surface area (TPSA) is 47.6 Å². The summed E-state index contributed by atoms with van der Waals surface area (Å²) in [6.45, 7) is 8.35. The van der Waals surface area contributed by atoms with E-state index < -0.39 is 5.60 Å². The van der Waals surface area contributed by atoms with Gasteiger partial charge in [0.05, 0.1) is 0 Å². The van der Waals surface area contributed by atoms with Crippen molar-refractivity contribution in [2.24, 2.45) is 0 Å². The standard InChI is InChI=1S/C14H27NO3/c1-6-12(10-8-7-9-11-17-5)15-13(16)18-14(2,3)4/h7-8,12H,6,9-11H2,1-5H3,(H,15,16)/b8-7+. The van der Waals surface area contributed by atoms with E-state index in [9.17, 15) is 4.79 Å². The van der Waals surface area contributed by atoms with E-state index in [0.717, 1.165) is 25.9 Å². The molecule has 0 spiro atoms. The van der Waals surface area contributed by atoms with Gasteiger partial charge < -0.3 is 14.8 Å². The first-order valence-corrected chi connectivity index (χ1v) is 6.52. The molecule has 0 aromatic carbocycles. The van der Waals surface area contributed by atoms with Crippen molar-refractivity contribution < 1.29 is 14.3 Å². The molecule has 0 bridgehead atoms. The summed E-state index contributed by atoms with van der Waals surface area (Å²) in [6, 6.07) is 0.124. The molecule has 1 unspecified atom stereocenters. The molecule has 0 aliphatic heterocycles. The minimum Gasteiger partial charge on any atom is -0.444 e. The molecule has 0 aliphatic carbocycles. The molecule has 0 saturated carbocycles. The number of carbonyl (C=O) groups is 1. The summed E-state index contributed by atoms with van der Waals surface area (Å²) in [7, 11) is 1.69. The molecule has 0 radical (unpaired) electrons. The summed E-state index contributed by atoms with van der Waals surface area (Å²) in [6.07, 6.45) is 6.40. The van der Waals surface area contributed by atoms with Crippen molar-refractivity contribution >= 4 is 6.09 Å². The lowest BCUT2D eigenvalue weighted by Crippen LogP contribution is -2.38. The van der Waals surface area contributed by atoms with E-state index in [-0.39, 0.29) is 12.1 Å². The predicted octanol–water partition coefficient (Wildman–Crippen LogP) is 3.27. The number of hydrogen-bond acceptors (Lipinski definition) is 3. The number of amides is 1. The molecule has 0 fully saturated rings. The van der Waals surface area contributed by atoms with Crippen molar-refractivity contribution in [3.63, 3.8) is 0 Å². The van der Waals surface area contributed by atoms with Crippen LogP contribution < -0.4 is 5.32 Å². The van der Waals surface area contributed by atoms with E-state index in [1.165, 1.54) is 0 Å². The lowest BCUT2D eigenvalue weighted by molar-refractivity contribution is 0.0503. The third-order valence-electron chi connectivity index (χ3n) is 2.29. The maximum Gasteiger partial charge on any atom is 0.407 e. The Morgan fingerprint density at radius 1 is 1.33 bits per heavy atom. The quantitative estimate of drug-likeness (QED) is 0.562.